The van der Waals surface area contributed by atoms with E-state index in [0.717, 1.165) is 30.4 Å². The Morgan fingerprint density at radius 3 is 2.90 bits per heavy atom. The molecule has 0 saturated carbocycles. The van der Waals surface area contributed by atoms with Crippen LogP contribution < -0.4 is 0 Å². The van der Waals surface area contributed by atoms with Gasteiger partial charge in [0.2, 0.25) is 0 Å². The van der Waals surface area contributed by atoms with Crippen LogP contribution in [-0.2, 0) is 0 Å². The number of benzene rings is 1. The first-order chi connectivity index (χ1) is 9.47. The summed E-state index contributed by atoms with van der Waals surface area (Å²) in [5.41, 5.74) is 1.74. The number of nitrogens with one attached hydrogen (secondary N) is 1. The third-order valence-corrected chi connectivity index (χ3v) is 5.21. The molecule has 1 aliphatic rings. The molecule has 6 heteroatoms. The zero-order valence-electron chi connectivity index (χ0n) is 11.5. The first kappa shape index (κ1) is 14.2. The number of fused-ring (bicyclic) bond motifs is 1. The SMILES string of the molecule is CC1CC(n2c(=S)[nH]c3cc(Br)c(F)cc32)CCN1C. The van der Waals surface area contributed by atoms with Gasteiger partial charge in [0.15, 0.2) is 4.77 Å². The average Bonchev–Trinajstić information content (AvgIpc) is 2.69. The summed E-state index contributed by atoms with van der Waals surface area (Å²) in [7, 11) is 2.15. The van der Waals surface area contributed by atoms with E-state index in [4.69, 9.17) is 12.2 Å². The predicted octanol–water partition coefficient (Wildman–Crippen LogP) is 4.26. The highest BCUT2D eigenvalue weighted by Crippen LogP contribution is 2.31. The molecule has 0 aliphatic carbocycles. The van der Waals surface area contributed by atoms with Gasteiger partial charge in [-0.15, -0.1) is 0 Å². The molecule has 2 unspecified atom stereocenters. The molecule has 0 spiro atoms. The summed E-state index contributed by atoms with van der Waals surface area (Å²) in [6.07, 6.45) is 2.08. The minimum Gasteiger partial charge on any atom is -0.331 e. The number of aromatic nitrogens is 2. The van der Waals surface area contributed by atoms with E-state index >= 15 is 0 Å². The summed E-state index contributed by atoms with van der Waals surface area (Å²) >= 11 is 8.66. The molecule has 0 radical (unpaired) electrons. The fourth-order valence-electron chi connectivity index (χ4n) is 2.98. The average molecular weight is 358 g/mol. The molecule has 1 aromatic heterocycles. The van der Waals surface area contributed by atoms with Gasteiger partial charge in [0, 0.05) is 24.7 Å². The van der Waals surface area contributed by atoms with Gasteiger partial charge in [-0.25, -0.2) is 4.39 Å². The molecule has 1 saturated heterocycles. The molecule has 2 heterocycles. The summed E-state index contributed by atoms with van der Waals surface area (Å²) in [4.78, 5) is 5.54. The maximum absolute atomic E-state index is 13.8. The third-order valence-electron chi connectivity index (χ3n) is 4.30. The van der Waals surface area contributed by atoms with E-state index in [2.05, 4.69) is 44.4 Å². The summed E-state index contributed by atoms with van der Waals surface area (Å²) in [6, 6.07) is 4.17. The van der Waals surface area contributed by atoms with Gasteiger partial charge >= 0.3 is 0 Å². The van der Waals surface area contributed by atoms with Crippen molar-refractivity contribution in [3.8, 4) is 0 Å². The largest absolute Gasteiger partial charge is 0.331 e. The van der Waals surface area contributed by atoms with Gasteiger partial charge in [0.1, 0.15) is 5.82 Å². The smallest absolute Gasteiger partial charge is 0.178 e. The number of imidazole rings is 1. The second kappa shape index (κ2) is 5.24. The van der Waals surface area contributed by atoms with E-state index in [-0.39, 0.29) is 5.82 Å². The lowest BCUT2D eigenvalue weighted by molar-refractivity contribution is 0.158. The van der Waals surface area contributed by atoms with Gasteiger partial charge < -0.3 is 14.5 Å². The van der Waals surface area contributed by atoms with E-state index in [1.165, 1.54) is 0 Å². The Bertz CT molecular complexity index is 708. The fraction of sp³-hybridized carbons (Fsp3) is 0.500. The second-order valence-corrected chi connectivity index (χ2v) is 6.83. The van der Waals surface area contributed by atoms with Crippen LogP contribution in [-0.4, -0.2) is 34.1 Å². The van der Waals surface area contributed by atoms with E-state index in [1.54, 1.807) is 12.1 Å². The Balaban J connectivity index is 2.09. The number of H-pyrrole nitrogens is 1. The van der Waals surface area contributed by atoms with E-state index in [9.17, 15) is 4.39 Å². The van der Waals surface area contributed by atoms with Crippen molar-refractivity contribution < 1.29 is 4.39 Å². The van der Waals surface area contributed by atoms with Gasteiger partial charge in [0.25, 0.3) is 0 Å². The molecule has 2 aromatic rings. The van der Waals surface area contributed by atoms with Crippen molar-refractivity contribution in [2.24, 2.45) is 0 Å². The summed E-state index contributed by atoms with van der Waals surface area (Å²) in [6.45, 7) is 3.26. The van der Waals surface area contributed by atoms with Crippen molar-refractivity contribution in [1.29, 1.82) is 0 Å². The Morgan fingerprint density at radius 2 is 2.20 bits per heavy atom. The van der Waals surface area contributed by atoms with Crippen molar-refractivity contribution in [2.75, 3.05) is 13.6 Å². The van der Waals surface area contributed by atoms with Crippen LogP contribution in [0.1, 0.15) is 25.8 Å². The summed E-state index contributed by atoms with van der Waals surface area (Å²) in [5, 5.41) is 0. The number of aromatic amines is 1. The molecule has 0 bridgehead atoms. The monoisotopic (exact) mass is 357 g/mol. The van der Waals surface area contributed by atoms with Gasteiger partial charge in [-0.2, -0.15) is 0 Å². The van der Waals surface area contributed by atoms with Crippen LogP contribution in [0.25, 0.3) is 11.0 Å². The zero-order chi connectivity index (χ0) is 14.4. The molecule has 3 nitrogen and oxygen atoms in total. The molecule has 20 heavy (non-hydrogen) atoms. The van der Waals surface area contributed by atoms with Crippen LogP contribution in [0, 0.1) is 10.6 Å². The Hall–Kier alpha value is -0.720. The number of likely N-dealkylation sites (tertiary alicyclic amines) is 1. The summed E-state index contributed by atoms with van der Waals surface area (Å²) in [5.74, 6) is -0.249. The standard InChI is InChI=1S/C14H17BrFN3S/c1-8-5-9(3-4-18(8)2)19-13-7-11(16)10(15)6-12(13)17-14(19)20/h6-9H,3-5H2,1-2H3,(H,17,20). The second-order valence-electron chi connectivity index (χ2n) is 5.59. The lowest BCUT2D eigenvalue weighted by atomic mass is 9.98. The molecule has 1 aromatic carbocycles. The number of rotatable bonds is 1. The van der Waals surface area contributed by atoms with Crippen LogP contribution >= 0.6 is 28.1 Å². The Morgan fingerprint density at radius 1 is 1.45 bits per heavy atom. The number of hydrogen-bond acceptors (Lipinski definition) is 2. The van der Waals surface area contributed by atoms with Crippen molar-refractivity contribution in [2.45, 2.75) is 31.8 Å². The third kappa shape index (κ3) is 2.34. The maximum atomic E-state index is 13.8. The Labute approximate surface area is 130 Å². The molecule has 1 aliphatic heterocycles. The Kier molecular flexibility index (Phi) is 3.73. The summed E-state index contributed by atoms with van der Waals surface area (Å²) < 4.78 is 17.1. The highest BCUT2D eigenvalue weighted by Gasteiger charge is 2.25. The lowest BCUT2D eigenvalue weighted by Crippen LogP contribution is -2.38. The van der Waals surface area contributed by atoms with E-state index in [0.29, 0.717) is 21.3 Å². The maximum Gasteiger partial charge on any atom is 0.178 e. The molecule has 0 amide bonds. The zero-order valence-corrected chi connectivity index (χ0v) is 13.9. The molecule has 2 atom stereocenters. The van der Waals surface area contributed by atoms with Crippen molar-refractivity contribution in [1.82, 2.24) is 14.5 Å². The molecule has 1 N–H and O–H groups in total. The van der Waals surface area contributed by atoms with Crippen LogP contribution in [0.2, 0.25) is 0 Å². The number of piperidine rings is 1. The minimum atomic E-state index is -0.249. The van der Waals surface area contributed by atoms with Crippen molar-refractivity contribution >= 4 is 39.2 Å². The topological polar surface area (TPSA) is 24.0 Å². The van der Waals surface area contributed by atoms with E-state index < -0.39 is 0 Å². The lowest BCUT2D eigenvalue weighted by Gasteiger charge is -2.35. The van der Waals surface area contributed by atoms with Gasteiger partial charge in [-0.05, 0) is 61.0 Å². The van der Waals surface area contributed by atoms with Gasteiger partial charge in [0.05, 0.1) is 15.5 Å². The highest BCUT2D eigenvalue weighted by molar-refractivity contribution is 9.10. The van der Waals surface area contributed by atoms with Crippen LogP contribution in [0.5, 0.6) is 0 Å². The number of halogens is 2. The van der Waals surface area contributed by atoms with E-state index in [1.807, 2.05) is 0 Å². The van der Waals surface area contributed by atoms with Crippen molar-refractivity contribution in [3.63, 3.8) is 0 Å². The van der Waals surface area contributed by atoms with Crippen molar-refractivity contribution in [3.05, 3.63) is 27.2 Å². The molecule has 3 rings (SSSR count). The van der Waals surface area contributed by atoms with Gasteiger partial charge in [-0.3, -0.25) is 0 Å². The predicted molar refractivity (Wildman–Crippen MR) is 85.1 cm³/mol. The molecular formula is C14H17BrFN3S. The molecule has 1 fully saturated rings. The van der Waals surface area contributed by atoms with Crippen LogP contribution in [0.4, 0.5) is 4.39 Å². The van der Waals surface area contributed by atoms with Crippen LogP contribution in [0.3, 0.4) is 0 Å². The molecular weight excluding hydrogens is 341 g/mol. The fourth-order valence-corrected chi connectivity index (χ4v) is 3.68. The quantitative estimate of drug-likeness (QED) is 0.771. The first-order valence-electron chi connectivity index (χ1n) is 6.77. The van der Waals surface area contributed by atoms with Crippen LogP contribution in [0.15, 0.2) is 16.6 Å². The first-order valence-corrected chi connectivity index (χ1v) is 7.97. The van der Waals surface area contributed by atoms with Gasteiger partial charge in [-0.1, -0.05) is 0 Å². The molecule has 108 valence electrons. The number of nitrogens with zero attached hydrogens (tertiary/aromatic N) is 2. The normalized spacial score (nSPS) is 24.4. The minimum absolute atomic E-state index is 0.249. The number of hydrogen-bond donors (Lipinski definition) is 1. The highest BCUT2D eigenvalue weighted by atomic mass is 79.9.